The van der Waals surface area contributed by atoms with E-state index in [0.29, 0.717) is 16.7 Å². The van der Waals surface area contributed by atoms with Gasteiger partial charge in [0.25, 0.3) is 5.56 Å². The zero-order valence-corrected chi connectivity index (χ0v) is 14.6. The van der Waals surface area contributed by atoms with Gasteiger partial charge < -0.3 is 4.74 Å². The van der Waals surface area contributed by atoms with Crippen molar-refractivity contribution in [3.8, 4) is 5.75 Å². The molecule has 0 unspecified atom stereocenters. The van der Waals surface area contributed by atoms with Crippen LogP contribution in [0, 0.1) is 20.8 Å². The molecule has 0 aliphatic carbocycles. The zero-order chi connectivity index (χ0) is 18.0. The summed E-state index contributed by atoms with van der Waals surface area (Å²) in [6.45, 7) is 6.07. The minimum Gasteiger partial charge on any atom is -0.426 e. The molecule has 0 N–H and O–H groups in total. The summed E-state index contributed by atoms with van der Waals surface area (Å²) in [7, 11) is 0. The summed E-state index contributed by atoms with van der Waals surface area (Å²) in [5.41, 5.74) is 3.48. The van der Waals surface area contributed by atoms with Gasteiger partial charge in [0, 0.05) is 6.54 Å². The van der Waals surface area contributed by atoms with Gasteiger partial charge in [-0.3, -0.25) is 14.2 Å². The van der Waals surface area contributed by atoms with Gasteiger partial charge in [-0.15, -0.1) is 0 Å². The summed E-state index contributed by atoms with van der Waals surface area (Å²) in [5, 5.41) is 0.545. The maximum absolute atomic E-state index is 12.4. The number of nitrogens with zero attached hydrogens (tertiary/aromatic N) is 2. The number of rotatable bonds is 4. The minimum absolute atomic E-state index is 0.104. The summed E-state index contributed by atoms with van der Waals surface area (Å²) in [4.78, 5) is 28.9. The van der Waals surface area contributed by atoms with Crippen molar-refractivity contribution in [3.05, 3.63) is 69.8 Å². The first kappa shape index (κ1) is 16.9. The highest BCUT2D eigenvalue weighted by atomic mass is 16.5. The van der Waals surface area contributed by atoms with E-state index in [2.05, 4.69) is 4.98 Å². The Kier molecular flexibility index (Phi) is 4.65. The number of aryl methyl sites for hydroxylation is 4. The lowest BCUT2D eigenvalue weighted by molar-refractivity contribution is -0.134. The first-order valence-electron chi connectivity index (χ1n) is 8.18. The SMILES string of the molecule is Cc1cc(C)c(OC(=O)CCn2cnc3ccccc3c2=O)c(C)c1. The first-order valence-corrected chi connectivity index (χ1v) is 8.18. The summed E-state index contributed by atoms with van der Waals surface area (Å²) in [5.74, 6) is 0.231. The molecule has 0 amide bonds. The largest absolute Gasteiger partial charge is 0.426 e. The number of benzene rings is 2. The number of aromatic nitrogens is 2. The number of hydrogen-bond acceptors (Lipinski definition) is 4. The van der Waals surface area contributed by atoms with Crippen molar-refractivity contribution in [1.29, 1.82) is 0 Å². The molecule has 0 spiro atoms. The molecule has 0 radical (unpaired) electrons. The zero-order valence-electron chi connectivity index (χ0n) is 14.6. The molecule has 3 rings (SSSR count). The van der Waals surface area contributed by atoms with Crippen LogP contribution in [0.2, 0.25) is 0 Å². The third kappa shape index (κ3) is 3.60. The second-order valence-corrected chi connectivity index (χ2v) is 6.21. The number of esters is 1. The molecule has 128 valence electrons. The minimum atomic E-state index is -0.366. The smallest absolute Gasteiger partial charge is 0.313 e. The van der Waals surface area contributed by atoms with Gasteiger partial charge in [-0.2, -0.15) is 0 Å². The number of fused-ring (bicyclic) bond motifs is 1. The predicted octanol–water partition coefficient (Wildman–Crippen LogP) is 3.32. The highest BCUT2D eigenvalue weighted by Crippen LogP contribution is 2.24. The molecule has 0 aliphatic rings. The number of hydrogen-bond donors (Lipinski definition) is 0. The monoisotopic (exact) mass is 336 g/mol. The lowest BCUT2D eigenvalue weighted by atomic mass is 10.1. The quantitative estimate of drug-likeness (QED) is 0.542. The van der Waals surface area contributed by atoms with Crippen LogP contribution in [0.3, 0.4) is 0 Å². The standard InChI is InChI=1S/C20H20N2O3/c1-13-10-14(2)19(15(3)11-13)25-18(23)8-9-22-12-21-17-7-5-4-6-16(17)20(22)24/h4-7,10-12H,8-9H2,1-3H3. The van der Waals surface area contributed by atoms with E-state index in [0.717, 1.165) is 16.7 Å². The van der Waals surface area contributed by atoms with Gasteiger partial charge in [0.05, 0.1) is 23.7 Å². The van der Waals surface area contributed by atoms with Crippen LogP contribution in [-0.4, -0.2) is 15.5 Å². The van der Waals surface area contributed by atoms with E-state index < -0.39 is 0 Å². The van der Waals surface area contributed by atoms with Crippen molar-refractivity contribution in [2.45, 2.75) is 33.7 Å². The van der Waals surface area contributed by atoms with Crippen molar-refractivity contribution >= 4 is 16.9 Å². The lowest BCUT2D eigenvalue weighted by Crippen LogP contribution is -2.23. The van der Waals surface area contributed by atoms with Crippen LogP contribution in [0.25, 0.3) is 10.9 Å². The normalized spacial score (nSPS) is 10.8. The van der Waals surface area contributed by atoms with Crippen LogP contribution in [-0.2, 0) is 11.3 Å². The molecule has 0 saturated carbocycles. The maximum Gasteiger partial charge on any atom is 0.313 e. The Morgan fingerprint density at radius 3 is 2.52 bits per heavy atom. The molecule has 0 fully saturated rings. The lowest BCUT2D eigenvalue weighted by Gasteiger charge is -2.12. The molecule has 0 atom stereocenters. The van der Waals surface area contributed by atoms with E-state index in [1.807, 2.05) is 39.0 Å². The number of carbonyl (C=O) groups is 1. The molecule has 0 aliphatic heterocycles. The Balaban J connectivity index is 1.73. The molecule has 2 aromatic carbocycles. The first-order chi connectivity index (χ1) is 12.0. The second kappa shape index (κ2) is 6.89. The maximum atomic E-state index is 12.4. The highest BCUT2D eigenvalue weighted by Gasteiger charge is 2.12. The number of ether oxygens (including phenoxy) is 1. The van der Waals surface area contributed by atoms with Gasteiger partial charge in [0.15, 0.2) is 0 Å². The van der Waals surface area contributed by atoms with Gasteiger partial charge >= 0.3 is 5.97 Å². The molecule has 1 heterocycles. The van der Waals surface area contributed by atoms with Crippen molar-refractivity contribution in [3.63, 3.8) is 0 Å². The Morgan fingerprint density at radius 1 is 1.12 bits per heavy atom. The Bertz CT molecular complexity index is 982. The summed E-state index contributed by atoms with van der Waals surface area (Å²) < 4.78 is 6.95. The van der Waals surface area contributed by atoms with E-state index in [9.17, 15) is 9.59 Å². The fraction of sp³-hybridized carbons (Fsp3) is 0.250. The van der Waals surface area contributed by atoms with E-state index >= 15 is 0 Å². The molecule has 25 heavy (non-hydrogen) atoms. The molecule has 3 aromatic rings. The number of para-hydroxylation sites is 1. The predicted molar refractivity (Wildman–Crippen MR) is 96.9 cm³/mol. The summed E-state index contributed by atoms with van der Waals surface area (Å²) in [6.07, 6.45) is 1.58. The van der Waals surface area contributed by atoms with Crippen LogP contribution >= 0.6 is 0 Å². The van der Waals surface area contributed by atoms with Crippen LogP contribution in [0.1, 0.15) is 23.1 Å². The molecular formula is C20H20N2O3. The fourth-order valence-electron chi connectivity index (χ4n) is 2.97. The Labute approximate surface area is 145 Å². The van der Waals surface area contributed by atoms with Crippen molar-refractivity contribution in [1.82, 2.24) is 9.55 Å². The Hall–Kier alpha value is -2.95. The van der Waals surface area contributed by atoms with Gasteiger partial charge in [0.2, 0.25) is 0 Å². The highest BCUT2D eigenvalue weighted by molar-refractivity contribution is 5.77. The molecule has 5 nitrogen and oxygen atoms in total. The summed E-state index contributed by atoms with van der Waals surface area (Å²) in [6, 6.07) is 11.1. The van der Waals surface area contributed by atoms with Gasteiger partial charge in [0.1, 0.15) is 5.75 Å². The van der Waals surface area contributed by atoms with E-state index in [4.69, 9.17) is 4.74 Å². The number of carbonyl (C=O) groups excluding carboxylic acids is 1. The van der Waals surface area contributed by atoms with Crippen LogP contribution in [0.4, 0.5) is 0 Å². The third-order valence-electron chi connectivity index (χ3n) is 4.11. The van der Waals surface area contributed by atoms with E-state index in [1.165, 1.54) is 10.9 Å². The van der Waals surface area contributed by atoms with Crippen molar-refractivity contribution < 1.29 is 9.53 Å². The summed E-state index contributed by atoms with van der Waals surface area (Å²) >= 11 is 0. The van der Waals surface area contributed by atoms with Crippen molar-refractivity contribution in [2.24, 2.45) is 0 Å². The molecule has 5 heteroatoms. The van der Waals surface area contributed by atoms with E-state index in [1.54, 1.807) is 18.2 Å². The molecule has 0 bridgehead atoms. The molecule has 1 aromatic heterocycles. The topological polar surface area (TPSA) is 61.2 Å². The molecule has 0 saturated heterocycles. The van der Waals surface area contributed by atoms with E-state index in [-0.39, 0.29) is 24.5 Å². The van der Waals surface area contributed by atoms with Gasteiger partial charge in [-0.1, -0.05) is 29.8 Å². The average Bonchev–Trinajstić information content (AvgIpc) is 2.58. The van der Waals surface area contributed by atoms with Crippen LogP contribution in [0.5, 0.6) is 5.75 Å². The van der Waals surface area contributed by atoms with Crippen molar-refractivity contribution in [2.75, 3.05) is 0 Å². The fourth-order valence-corrected chi connectivity index (χ4v) is 2.97. The third-order valence-corrected chi connectivity index (χ3v) is 4.11. The van der Waals surface area contributed by atoms with Gasteiger partial charge in [-0.25, -0.2) is 4.98 Å². The Morgan fingerprint density at radius 2 is 1.80 bits per heavy atom. The van der Waals surface area contributed by atoms with Crippen LogP contribution < -0.4 is 10.3 Å². The second-order valence-electron chi connectivity index (χ2n) is 6.21. The molecular weight excluding hydrogens is 316 g/mol. The average molecular weight is 336 g/mol. The van der Waals surface area contributed by atoms with Gasteiger partial charge in [-0.05, 0) is 44.0 Å². The van der Waals surface area contributed by atoms with Crippen LogP contribution in [0.15, 0.2) is 47.5 Å².